The van der Waals surface area contributed by atoms with Crippen molar-refractivity contribution < 1.29 is 4.79 Å². The van der Waals surface area contributed by atoms with Crippen LogP contribution in [-0.4, -0.2) is 22.3 Å². The zero-order valence-electron chi connectivity index (χ0n) is 10.7. The standard InChI is InChI=1S/C15H15ClN2O/c1-2-18(11-12-4-3-5-14(16)10-12)15(19)13-6-8-17-9-7-13/h3-10H,2,11H2,1H3. The Morgan fingerprint density at radius 3 is 2.63 bits per heavy atom. The highest BCUT2D eigenvalue weighted by molar-refractivity contribution is 6.30. The second-order valence-corrected chi connectivity index (χ2v) is 4.62. The van der Waals surface area contributed by atoms with Crippen molar-refractivity contribution in [2.24, 2.45) is 0 Å². The van der Waals surface area contributed by atoms with Crippen molar-refractivity contribution in [3.63, 3.8) is 0 Å². The van der Waals surface area contributed by atoms with Crippen molar-refractivity contribution >= 4 is 17.5 Å². The van der Waals surface area contributed by atoms with Gasteiger partial charge in [-0.2, -0.15) is 0 Å². The summed E-state index contributed by atoms with van der Waals surface area (Å²) in [6.45, 7) is 3.16. The van der Waals surface area contributed by atoms with E-state index in [0.717, 1.165) is 5.56 Å². The first-order valence-corrected chi connectivity index (χ1v) is 6.52. The quantitative estimate of drug-likeness (QED) is 0.856. The number of pyridine rings is 1. The summed E-state index contributed by atoms with van der Waals surface area (Å²) in [7, 11) is 0. The number of hydrogen-bond acceptors (Lipinski definition) is 2. The summed E-state index contributed by atoms with van der Waals surface area (Å²) >= 11 is 5.96. The van der Waals surface area contributed by atoms with Crippen molar-refractivity contribution in [2.75, 3.05) is 6.54 Å². The smallest absolute Gasteiger partial charge is 0.254 e. The van der Waals surface area contributed by atoms with Crippen molar-refractivity contribution in [2.45, 2.75) is 13.5 Å². The Morgan fingerprint density at radius 2 is 2.00 bits per heavy atom. The summed E-state index contributed by atoms with van der Waals surface area (Å²) in [5, 5.41) is 0.685. The molecule has 1 heterocycles. The summed E-state index contributed by atoms with van der Waals surface area (Å²) in [6, 6.07) is 11.0. The maximum atomic E-state index is 12.3. The van der Waals surface area contributed by atoms with Gasteiger partial charge in [0.05, 0.1) is 0 Å². The molecule has 0 spiro atoms. The summed E-state index contributed by atoms with van der Waals surface area (Å²) in [5.41, 5.74) is 1.68. The van der Waals surface area contributed by atoms with Crippen LogP contribution in [0.3, 0.4) is 0 Å². The Bertz CT molecular complexity index is 557. The summed E-state index contributed by atoms with van der Waals surface area (Å²) in [4.78, 5) is 18.0. The fourth-order valence-corrected chi connectivity index (χ4v) is 2.07. The van der Waals surface area contributed by atoms with Gasteiger partial charge in [0, 0.05) is 36.1 Å². The molecule has 0 unspecified atom stereocenters. The summed E-state index contributed by atoms with van der Waals surface area (Å²) in [6.07, 6.45) is 3.25. The number of hydrogen-bond donors (Lipinski definition) is 0. The Kier molecular flexibility index (Phi) is 4.53. The van der Waals surface area contributed by atoms with Crippen LogP contribution < -0.4 is 0 Å². The van der Waals surface area contributed by atoms with Gasteiger partial charge in [0.15, 0.2) is 0 Å². The van der Waals surface area contributed by atoms with E-state index in [-0.39, 0.29) is 5.91 Å². The minimum absolute atomic E-state index is 0.00451. The lowest BCUT2D eigenvalue weighted by Crippen LogP contribution is -2.30. The molecule has 0 saturated heterocycles. The number of carbonyl (C=O) groups excluding carboxylic acids is 1. The topological polar surface area (TPSA) is 33.2 Å². The van der Waals surface area contributed by atoms with E-state index in [1.165, 1.54) is 0 Å². The van der Waals surface area contributed by atoms with Gasteiger partial charge in [0.25, 0.3) is 5.91 Å². The van der Waals surface area contributed by atoms with E-state index in [1.807, 2.05) is 31.2 Å². The highest BCUT2D eigenvalue weighted by atomic mass is 35.5. The third-order valence-corrected chi connectivity index (χ3v) is 3.09. The molecule has 98 valence electrons. The monoisotopic (exact) mass is 274 g/mol. The molecule has 4 heteroatoms. The molecular weight excluding hydrogens is 260 g/mol. The lowest BCUT2D eigenvalue weighted by Gasteiger charge is -2.21. The molecule has 0 bridgehead atoms. The Hall–Kier alpha value is -1.87. The third-order valence-electron chi connectivity index (χ3n) is 2.86. The molecule has 3 nitrogen and oxygen atoms in total. The number of amides is 1. The van der Waals surface area contributed by atoms with Gasteiger partial charge in [-0.05, 0) is 36.8 Å². The van der Waals surface area contributed by atoms with Crippen molar-refractivity contribution in [3.8, 4) is 0 Å². The van der Waals surface area contributed by atoms with E-state index in [1.54, 1.807) is 29.4 Å². The average molecular weight is 275 g/mol. The van der Waals surface area contributed by atoms with Crippen LogP contribution in [0.15, 0.2) is 48.8 Å². The zero-order chi connectivity index (χ0) is 13.7. The minimum atomic E-state index is 0.00451. The number of halogens is 1. The number of aromatic nitrogens is 1. The maximum absolute atomic E-state index is 12.3. The zero-order valence-corrected chi connectivity index (χ0v) is 11.5. The molecule has 19 heavy (non-hydrogen) atoms. The first-order chi connectivity index (χ1) is 9.20. The highest BCUT2D eigenvalue weighted by Gasteiger charge is 2.14. The largest absolute Gasteiger partial charge is 0.335 e. The molecular formula is C15H15ClN2O. The van der Waals surface area contributed by atoms with Gasteiger partial charge in [-0.15, -0.1) is 0 Å². The molecule has 2 aromatic rings. The van der Waals surface area contributed by atoms with Crippen LogP contribution >= 0.6 is 11.6 Å². The van der Waals surface area contributed by atoms with Gasteiger partial charge < -0.3 is 4.90 Å². The Balaban J connectivity index is 2.15. The fraction of sp³-hybridized carbons (Fsp3) is 0.200. The predicted octanol–water partition coefficient (Wildman–Crippen LogP) is 3.40. The molecule has 0 radical (unpaired) electrons. The van der Waals surface area contributed by atoms with Crippen LogP contribution in [0, 0.1) is 0 Å². The first-order valence-electron chi connectivity index (χ1n) is 6.14. The molecule has 1 aromatic carbocycles. The number of carbonyl (C=O) groups is 1. The molecule has 0 aliphatic heterocycles. The lowest BCUT2D eigenvalue weighted by atomic mass is 10.2. The molecule has 2 rings (SSSR count). The summed E-state index contributed by atoms with van der Waals surface area (Å²) < 4.78 is 0. The average Bonchev–Trinajstić information content (AvgIpc) is 2.45. The normalized spacial score (nSPS) is 10.2. The molecule has 0 aliphatic rings. The van der Waals surface area contributed by atoms with E-state index in [9.17, 15) is 4.79 Å². The maximum Gasteiger partial charge on any atom is 0.254 e. The molecule has 0 saturated carbocycles. The van der Waals surface area contributed by atoms with Crippen LogP contribution in [0.2, 0.25) is 5.02 Å². The van der Waals surface area contributed by atoms with Crippen LogP contribution in [-0.2, 0) is 6.54 Å². The van der Waals surface area contributed by atoms with E-state index >= 15 is 0 Å². The fourth-order valence-electron chi connectivity index (χ4n) is 1.86. The number of nitrogens with zero attached hydrogens (tertiary/aromatic N) is 2. The highest BCUT2D eigenvalue weighted by Crippen LogP contribution is 2.14. The van der Waals surface area contributed by atoms with Gasteiger partial charge in [-0.25, -0.2) is 0 Å². The van der Waals surface area contributed by atoms with Crippen LogP contribution in [0.1, 0.15) is 22.8 Å². The minimum Gasteiger partial charge on any atom is -0.335 e. The third kappa shape index (κ3) is 3.55. The molecule has 0 N–H and O–H groups in total. The van der Waals surface area contributed by atoms with Crippen LogP contribution in [0.4, 0.5) is 0 Å². The molecule has 1 amide bonds. The van der Waals surface area contributed by atoms with E-state index < -0.39 is 0 Å². The van der Waals surface area contributed by atoms with Gasteiger partial charge in [-0.3, -0.25) is 9.78 Å². The van der Waals surface area contributed by atoms with Crippen LogP contribution in [0.25, 0.3) is 0 Å². The van der Waals surface area contributed by atoms with E-state index in [2.05, 4.69) is 4.98 Å². The summed E-state index contributed by atoms with van der Waals surface area (Å²) in [5.74, 6) is 0.00451. The van der Waals surface area contributed by atoms with Gasteiger partial charge in [-0.1, -0.05) is 23.7 Å². The predicted molar refractivity (Wildman–Crippen MR) is 76.1 cm³/mol. The number of rotatable bonds is 4. The van der Waals surface area contributed by atoms with Crippen molar-refractivity contribution in [1.82, 2.24) is 9.88 Å². The van der Waals surface area contributed by atoms with Gasteiger partial charge in [0.1, 0.15) is 0 Å². The van der Waals surface area contributed by atoms with Crippen LogP contribution in [0.5, 0.6) is 0 Å². The molecule has 0 atom stereocenters. The Labute approximate surface area is 117 Å². The van der Waals surface area contributed by atoms with Crippen molar-refractivity contribution in [1.29, 1.82) is 0 Å². The van der Waals surface area contributed by atoms with Crippen molar-refractivity contribution in [3.05, 3.63) is 64.9 Å². The first kappa shape index (κ1) is 13.6. The SMILES string of the molecule is CCN(Cc1cccc(Cl)c1)C(=O)c1ccncc1. The number of benzene rings is 1. The lowest BCUT2D eigenvalue weighted by molar-refractivity contribution is 0.0752. The van der Waals surface area contributed by atoms with Gasteiger partial charge >= 0.3 is 0 Å². The molecule has 1 aromatic heterocycles. The Morgan fingerprint density at radius 1 is 1.26 bits per heavy atom. The van der Waals surface area contributed by atoms with Gasteiger partial charge in [0.2, 0.25) is 0 Å². The molecule has 0 aliphatic carbocycles. The van der Waals surface area contributed by atoms with E-state index in [4.69, 9.17) is 11.6 Å². The second-order valence-electron chi connectivity index (χ2n) is 4.19. The molecule has 0 fully saturated rings. The second kappa shape index (κ2) is 6.34. The van der Waals surface area contributed by atoms with E-state index in [0.29, 0.717) is 23.7 Å².